The van der Waals surface area contributed by atoms with Crippen molar-refractivity contribution >= 4 is 0 Å². The largest absolute Gasteiger partial charge is 0.508 e. The molecule has 1 aromatic rings. The third-order valence-electron chi connectivity index (χ3n) is 1.94. The summed E-state index contributed by atoms with van der Waals surface area (Å²) in [4.78, 5) is 0. The van der Waals surface area contributed by atoms with E-state index in [4.69, 9.17) is 5.84 Å². The molecule has 0 bridgehead atoms. The van der Waals surface area contributed by atoms with Crippen molar-refractivity contribution in [2.45, 2.75) is 19.4 Å². The van der Waals surface area contributed by atoms with Gasteiger partial charge in [0.05, 0.1) is 5.54 Å². The first kappa shape index (κ1) is 9.03. The highest BCUT2D eigenvalue weighted by molar-refractivity contribution is 5.36. The fraction of sp³-hybridized carbons (Fsp3) is 0.333. The van der Waals surface area contributed by atoms with E-state index in [2.05, 4.69) is 5.43 Å². The van der Waals surface area contributed by atoms with Crippen LogP contribution >= 0.6 is 0 Å². The number of phenolic OH excluding ortho intramolecular Hbond substituents is 1. The normalized spacial score (nSPS) is 11.6. The van der Waals surface area contributed by atoms with Gasteiger partial charge in [-0.3, -0.25) is 11.3 Å². The molecule has 3 heteroatoms. The minimum Gasteiger partial charge on any atom is -0.508 e. The summed E-state index contributed by atoms with van der Waals surface area (Å²) in [6, 6.07) is 7.14. The monoisotopic (exact) mass is 166 g/mol. The predicted molar refractivity (Wildman–Crippen MR) is 48.5 cm³/mol. The lowest BCUT2D eigenvalue weighted by Gasteiger charge is -2.24. The SMILES string of the molecule is CC(C)(NN)c1ccccc1O. The van der Waals surface area contributed by atoms with Crippen molar-refractivity contribution in [2.75, 3.05) is 0 Å². The number of aromatic hydroxyl groups is 1. The quantitative estimate of drug-likeness (QED) is 0.455. The number of para-hydroxylation sites is 1. The Balaban J connectivity index is 3.10. The maximum absolute atomic E-state index is 9.48. The number of phenols is 1. The zero-order valence-corrected chi connectivity index (χ0v) is 7.33. The summed E-state index contributed by atoms with van der Waals surface area (Å²) in [5.41, 5.74) is 3.04. The molecule has 1 aromatic carbocycles. The Morgan fingerprint density at radius 2 is 1.92 bits per heavy atom. The third-order valence-corrected chi connectivity index (χ3v) is 1.94. The molecule has 0 amide bonds. The topological polar surface area (TPSA) is 58.3 Å². The van der Waals surface area contributed by atoms with Gasteiger partial charge in [-0.2, -0.15) is 0 Å². The lowest BCUT2D eigenvalue weighted by molar-refractivity contribution is 0.383. The van der Waals surface area contributed by atoms with Crippen LogP contribution in [0.25, 0.3) is 0 Å². The molecule has 0 aliphatic rings. The molecule has 0 aromatic heterocycles. The Hall–Kier alpha value is -1.06. The van der Waals surface area contributed by atoms with Gasteiger partial charge in [-0.1, -0.05) is 18.2 Å². The van der Waals surface area contributed by atoms with E-state index < -0.39 is 5.54 Å². The molecule has 66 valence electrons. The Labute approximate surface area is 72.2 Å². The van der Waals surface area contributed by atoms with E-state index in [1.807, 2.05) is 26.0 Å². The summed E-state index contributed by atoms with van der Waals surface area (Å²) in [6.45, 7) is 3.81. The molecule has 0 radical (unpaired) electrons. The fourth-order valence-corrected chi connectivity index (χ4v) is 1.08. The summed E-state index contributed by atoms with van der Waals surface area (Å²) < 4.78 is 0. The maximum atomic E-state index is 9.48. The van der Waals surface area contributed by atoms with Gasteiger partial charge in [0.15, 0.2) is 0 Å². The molecule has 0 spiro atoms. The molecule has 0 aliphatic carbocycles. The van der Waals surface area contributed by atoms with Crippen molar-refractivity contribution < 1.29 is 5.11 Å². The molecule has 4 N–H and O–H groups in total. The van der Waals surface area contributed by atoms with E-state index in [1.165, 1.54) is 0 Å². The molecule has 3 nitrogen and oxygen atoms in total. The molecule has 12 heavy (non-hydrogen) atoms. The summed E-state index contributed by atoms with van der Waals surface area (Å²) in [6.07, 6.45) is 0. The van der Waals surface area contributed by atoms with Crippen LogP contribution in [0.4, 0.5) is 0 Å². The number of rotatable bonds is 2. The highest BCUT2D eigenvalue weighted by Crippen LogP contribution is 2.27. The fourth-order valence-electron chi connectivity index (χ4n) is 1.08. The van der Waals surface area contributed by atoms with Gasteiger partial charge in [0.2, 0.25) is 0 Å². The number of nitrogens with one attached hydrogen (secondary N) is 1. The van der Waals surface area contributed by atoms with E-state index in [0.29, 0.717) is 0 Å². The van der Waals surface area contributed by atoms with Gasteiger partial charge >= 0.3 is 0 Å². The molecule has 0 aliphatic heterocycles. The van der Waals surface area contributed by atoms with Crippen LogP contribution < -0.4 is 11.3 Å². The van der Waals surface area contributed by atoms with E-state index in [0.717, 1.165) is 5.56 Å². The second-order valence-electron chi connectivity index (χ2n) is 3.29. The van der Waals surface area contributed by atoms with Crippen LogP contribution in [0, 0.1) is 0 Å². The molecular weight excluding hydrogens is 152 g/mol. The van der Waals surface area contributed by atoms with Crippen LogP contribution in [0.2, 0.25) is 0 Å². The zero-order chi connectivity index (χ0) is 9.19. The van der Waals surface area contributed by atoms with Crippen LogP contribution in [0.3, 0.4) is 0 Å². The molecule has 0 unspecified atom stereocenters. The number of hydrazine groups is 1. The van der Waals surface area contributed by atoms with Crippen LogP contribution in [-0.2, 0) is 5.54 Å². The zero-order valence-electron chi connectivity index (χ0n) is 7.33. The Kier molecular flexibility index (Phi) is 2.35. The molecule has 0 heterocycles. The highest BCUT2D eigenvalue weighted by Gasteiger charge is 2.20. The number of hydrogen-bond acceptors (Lipinski definition) is 3. The van der Waals surface area contributed by atoms with E-state index in [9.17, 15) is 5.11 Å². The van der Waals surface area contributed by atoms with Gasteiger partial charge in [0.25, 0.3) is 0 Å². The van der Waals surface area contributed by atoms with Gasteiger partial charge in [0.1, 0.15) is 5.75 Å². The van der Waals surface area contributed by atoms with E-state index >= 15 is 0 Å². The molecule has 1 rings (SSSR count). The van der Waals surface area contributed by atoms with Crippen molar-refractivity contribution in [3.8, 4) is 5.75 Å². The van der Waals surface area contributed by atoms with Gasteiger partial charge < -0.3 is 5.11 Å². The average Bonchev–Trinajstić information content (AvgIpc) is 2.05. The van der Waals surface area contributed by atoms with Crippen LogP contribution in [0.1, 0.15) is 19.4 Å². The molecular formula is C9H14N2O. The van der Waals surface area contributed by atoms with Gasteiger partial charge in [-0.05, 0) is 19.9 Å². The summed E-state index contributed by atoms with van der Waals surface area (Å²) in [7, 11) is 0. The summed E-state index contributed by atoms with van der Waals surface area (Å²) in [5, 5.41) is 9.48. The second kappa shape index (κ2) is 3.13. The van der Waals surface area contributed by atoms with Gasteiger partial charge in [-0.25, -0.2) is 0 Å². The molecule has 0 saturated heterocycles. The summed E-state index contributed by atoms with van der Waals surface area (Å²) in [5.74, 6) is 5.61. The number of benzene rings is 1. The lowest BCUT2D eigenvalue weighted by Crippen LogP contribution is -2.41. The maximum Gasteiger partial charge on any atom is 0.120 e. The smallest absolute Gasteiger partial charge is 0.120 e. The second-order valence-corrected chi connectivity index (χ2v) is 3.29. The van der Waals surface area contributed by atoms with Crippen molar-refractivity contribution in [3.05, 3.63) is 29.8 Å². The predicted octanol–water partition coefficient (Wildman–Crippen LogP) is 1.09. The van der Waals surface area contributed by atoms with Crippen LogP contribution in [0.15, 0.2) is 24.3 Å². The van der Waals surface area contributed by atoms with Crippen molar-refractivity contribution in [1.82, 2.24) is 5.43 Å². The molecule has 0 fully saturated rings. The summed E-state index contributed by atoms with van der Waals surface area (Å²) >= 11 is 0. The van der Waals surface area contributed by atoms with E-state index in [-0.39, 0.29) is 5.75 Å². The average molecular weight is 166 g/mol. The molecule has 0 saturated carbocycles. The number of hydrogen-bond donors (Lipinski definition) is 3. The Morgan fingerprint density at radius 1 is 1.33 bits per heavy atom. The lowest BCUT2D eigenvalue weighted by atomic mass is 9.94. The van der Waals surface area contributed by atoms with Gasteiger partial charge in [0, 0.05) is 5.56 Å². The first-order valence-corrected chi connectivity index (χ1v) is 3.84. The minimum atomic E-state index is -0.397. The first-order valence-electron chi connectivity index (χ1n) is 3.84. The minimum absolute atomic E-state index is 0.264. The van der Waals surface area contributed by atoms with Gasteiger partial charge in [-0.15, -0.1) is 0 Å². The van der Waals surface area contributed by atoms with Crippen molar-refractivity contribution in [3.63, 3.8) is 0 Å². The van der Waals surface area contributed by atoms with Crippen LogP contribution in [0.5, 0.6) is 5.75 Å². The number of nitrogens with two attached hydrogens (primary N) is 1. The van der Waals surface area contributed by atoms with Crippen molar-refractivity contribution in [2.24, 2.45) is 5.84 Å². The first-order chi connectivity index (χ1) is 5.58. The Bertz CT molecular complexity index is 271. The van der Waals surface area contributed by atoms with E-state index in [1.54, 1.807) is 12.1 Å². The van der Waals surface area contributed by atoms with Crippen LogP contribution in [-0.4, -0.2) is 5.11 Å². The van der Waals surface area contributed by atoms with Crippen molar-refractivity contribution in [1.29, 1.82) is 0 Å². The molecule has 0 atom stereocenters. The third kappa shape index (κ3) is 1.57. The Morgan fingerprint density at radius 3 is 2.42 bits per heavy atom. The highest BCUT2D eigenvalue weighted by atomic mass is 16.3. The standard InChI is InChI=1S/C9H14N2O/c1-9(2,11-10)7-5-3-4-6-8(7)12/h3-6,11-12H,10H2,1-2H3.